The van der Waals surface area contributed by atoms with Crippen molar-refractivity contribution in [2.45, 2.75) is 6.92 Å². The number of aliphatic hydroxyl groups is 1. The lowest BCUT2D eigenvalue weighted by molar-refractivity contribution is -0.127. The summed E-state index contributed by atoms with van der Waals surface area (Å²) in [5.41, 5.74) is 4.29. The number of hydrogen-bond acceptors (Lipinski definition) is 4. The molecule has 0 saturated carbocycles. The molecule has 0 saturated heterocycles. The van der Waals surface area contributed by atoms with E-state index in [1.54, 1.807) is 0 Å². The molecule has 0 heterocycles. The van der Waals surface area contributed by atoms with Gasteiger partial charge in [-0.2, -0.15) is 0 Å². The van der Waals surface area contributed by atoms with Crippen LogP contribution in [0, 0.1) is 0 Å². The van der Waals surface area contributed by atoms with Crippen molar-refractivity contribution in [3.05, 3.63) is 0 Å². The van der Waals surface area contributed by atoms with Gasteiger partial charge in [0.25, 0.3) is 5.91 Å². The van der Waals surface area contributed by atoms with E-state index in [4.69, 9.17) is 5.11 Å². The van der Waals surface area contributed by atoms with Crippen LogP contribution in [0.3, 0.4) is 0 Å². The number of nitrogens with one attached hydrogen (secondary N) is 3. The first-order valence-corrected chi connectivity index (χ1v) is 3.54. The Morgan fingerprint density at radius 1 is 1.33 bits per heavy atom. The minimum absolute atomic E-state index is 0.0204. The molecule has 0 fully saturated rings. The summed E-state index contributed by atoms with van der Waals surface area (Å²) in [6.45, 7) is 1.70. The number of hydrazine groups is 1. The van der Waals surface area contributed by atoms with Gasteiger partial charge in [0.2, 0.25) is 5.91 Å². The molecule has 0 atom stereocenters. The van der Waals surface area contributed by atoms with Crippen molar-refractivity contribution in [1.29, 1.82) is 0 Å². The van der Waals surface area contributed by atoms with Crippen LogP contribution in [0.25, 0.3) is 0 Å². The molecule has 12 heavy (non-hydrogen) atoms. The van der Waals surface area contributed by atoms with E-state index in [1.807, 2.05) is 0 Å². The summed E-state index contributed by atoms with van der Waals surface area (Å²) >= 11 is 0. The summed E-state index contributed by atoms with van der Waals surface area (Å²) in [6, 6.07) is 0. The molecule has 0 aromatic heterocycles. The zero-order valence-corrected chi connectivity index (χ0v) is 6.89. The monoisotopic (exact) mass is 175 g/mol. The maximum atomic E-state index is 10.8. The van der Waals surface area contributed by atoms with Crippen molar-refractivity contribution >= 4 is 11.8 Å². The maximum Gasteiger partial charge on any atom is 0.252 e. The Hall–Kier alpha value is -1.14. The van der Waals surface area contributed by atoms with Gasteiger partial charge in [-0.25, -0.2) is 0 Å². The highest BCUT2D eigenvalue weighted by atomic mass is 16.3. The van der Waals surface area contributed by atoms with Crippen LogP contribution in [0.1, 0.15) is 6.92 Å². The number of carbonyl (C=O) groups excluding carboxylic acids is 2. The molecule has 0 bridgehead atoms. The van der Waals surface area contributed by atoms with Gasteiger partial charge < -0.3 is 10.4 Å². The predicted molar refractivity (Wildman–Crippen MR) is 41.9 cm³/mol. The molecule has 6 nitrogen and oxygen atoms in total. The van der Waals surface area contributed by atoms with Gasteiger partial charge in [0.1, 0.15) is 0 Å². The van der Waals surface area contributed by atoms with Gasteiger partial charge in [0.15, 0.2) is 0 Å². The lowest BCUT2D eigenvalue weighted by atomic mass is 10.5. The minimum atomic E-state index is -0.348. The highest BCUT2D eigenvalue weighted by Crippen LogP contribution is 1.61. The van der Waals surface area contributed by atoms with Crippen molar-refractivity contribution in [3.63, 3.8) is 0 Å². The zero-order valence-electron chi connectivity index (χ0n) is 6.89. The smallest absolute Gasteiger partial charge is 0.252 e. The van der Waals surface area contributed by atoms with Crippen molar-refractivity contribution in [2.24, 2.45) is 0 Å². The molecule has 0 aromatic rings. The topological polar surface area (TPSA) is 90.5 Å². The highest BCUT2D eigenvalue weighted by molar-refractivity contribution is 5.81. The number of hydrogen-bond donors (Lipinski definition) is 4. The van der Waals surface area contributed by atoms with Crippen LogP contribution in [-0.4, -0.2) is 36.6 Å². The van der Waals surface area contributed by atoms with Crippen molar-refractivity contribution in [1.82, 2.24) is 16.2 Å². The van der Waals surface area contributed by atoms with Crippen molar-refractivity contribution in [3.8, 4) is 0 Å². The zero-order chi connectivity index (χ0) is 9.40. The second-order valence-corrected chi connectivity index (χ2v) is 2.13. The first-order chi connectivity index (χ1) is 5.66. The third kappa shape index (κ3) is 6.97. The lowest BCUT2D eigenvalue weighted by Gasteiger charge is -2.04. The Labute approximate surface area is 70.3 Å². The Morgan fingerprint density at radius 3 is 2.50 bits per heavy atom. The summed E-state index contributed by atoms with van der Waals surface area (Å²) in [5.74, 6) is -0.677. The number of carbonyl (C=O) groups is 2. The SMILES string of the molecule is CC(=O)NNC(=O)CNCCO. The van der Waals surface area contributed by atoms with Crippen LogP contribution in [0.2, 0.25) is 0 Å². The second-order valence-electron chi connectivity index (χ2n) is 2.13. The van der Waals surface area contributed by atoms with E-state index < -0.39 is 0 Å². The van der Waals surface area contributed by atoms with E-state index in [0.29, 0.717) is 6.54 Å². The van der Waals surface area contributed by atoms with Gasteiger partial charge in [0, 0.05) is 13.5 Å². The molecule has 4 N–H and O–H groups in total. The lowest BCUT2D eigenvalue weighted by Crippen LogP contribution is -2.44. The van der Waals surface area contributed by atoms with E-state index in [1.165, 1.54) is 6.92 Å². The fourth-order valence-corrected chi connectivity index (χ4v) is 0.483. The normalized spacial score (nSPS) is 9.17. The predicted octanol–water partition coefficient (Wildman–Crippen LogP) is -2.26. The van der Waals surface area contributed by atoms with E-state index in [2.05, 4.69) is 16.2 Å². The largest absolute Gasteiger partial charge is 0.395 e. The fourth-order valence-electron chi connectivity index (χ4n) is 0.483. The molecule has 0 spiro atoms. The average molecular weight is 175 g/mol. The van der Waals surface area contributed by atoms with Crippen LogP contribution in [0.4, 0.5) is 0 Å². The third-order valence-electron chi connectivity index (χ3n) is 0.952. The van der Waals surface area contributed by atoms with Crippen LogP contribution >= 0.6 is 0 Å². The van der Waals surface area contributed by atoms with Crippen LogP contribution < -0.4 is 16.2 Å². The van der Waals surface area contributed by atoms with Gasteiger partial charge in [-0.15, -0.1) is 0 Å². The summed E-state index contributed by atoms with van der Waals surface area (Å²) in [6.07, 6.45) is 0. The highest BCUT2D eigenvalue weighted by Gasteiger charge is 1.98. The average Bonchev–Trinajstić information content (AvgIpc) is 2.01. The Balaban J connectivity index is 3.28. The molecule has 0 aliphatic heterocycles. The molecule has 0 rings (SSSR count). The number of rotatable bonds is 4. The summed E-state index contributed by atoms with van der Waals surface area (Å²) < 4.78 is 0. The third-order valence-corrected chi connectivity index (χ3v) is 0.952. The van der Waals surface area contributed by atoms with Crippen LogP contribution in [-0.2, 0) is 9.59 Å². The first-order valence-electron chi connectivity index (χ1n) is 3.54. The molecule has 6 heteroatoms. The number of amides is 2. The van der Waals surface area contributed by atoms with Gasteiger partial charge in [0.05, 0.1) is 13.2 Å². The second kappa shape index (κ2) is 6.56. The quantitative estimate of drug-likeness (QED) is 0.286. The van der Waals surface area contributed by atoms with Crippen molar-refractivity contribution < 1.29 is 14.7 Å². The Bertz CT molecular complexity index is 160. The fraction of sp³-hybridized carbons (Fsp3) is 0.667. The summed E-state index contributed by atoms with van der Waals surface area (Å²) in [4.78, 5) is 21.0. The van der Waals surface area contributed by atoms with Gasteiger partial charge >= 0.3 is 0 Å². The molecule has 0 radical (unpaired) electrons. The molecule has 0 aliphatic carbocycles. The van der Waals surface area contributed by atoms with E-state index >= 15 is 0 Å². The Morgan fingerprint density at radius 2 is 2.00 bits per heavy atom. The molecular formula is C6H13N3O3. The standard InChI is InChI=1S/C6H13N3O3/c1-5(11)8-9-6(12)4-7-2-3-10/h7,10H,2-4H2,1H3,(H,8,11)(H,9,12). The molecule has 0 aliphatic rings. The molecular weight excluding hydrogens is 162 g/mol. The summed E-state index contributed by atoms with van der Waals surface area (Å²) in [7, 11) is 0. The minimum Gasteiger partial charge on any atom is -0.395 e. The summed E-state index contributed by atoms with van der Waals surface area (Å²) in [5, 5.41) is 11.0. The molecule has 70 valence electrons. The Kier molecular flexibility index (Phi) is 5.94. The first kappa shape index (κ1) is 10.9. The maximum absolute atomic E-state index is 10.8. The van der Waals surface area contributed by atoms with Gasteiger partial charge in [-0.05, 0) is 0 Å². The van der Waals surface area contributed by atoms with Crippen LogP contribution in [0.5, 0.6) is 0 Å². The van der Waals surface area contributed by atoms with Gasteiger partial charge in [-0.3, -0.25) is 20.4 Å². The van der Waals surface area contributed by atoms with Gasteiger partial charge in [-0.1, -0.05) is 0 Å². The van der Waals surface area contributed by atoms with E-state index in [9.17, 15) is 9.59 Å². The molecule has 0 unspecified atom stereocenters. The number of aliphatic hydroxyl groups excluding tert-OH is 1. The van der Waals surface area contributed by atoms with E-state index in [-0.39, 0.29) is 25.0 Å². The van der Waals surface area contributed by atoms with Crippen molar-refractivity contribution in [2.75, 3.05) is 19.7 Å². The van der Waals surface area contributed by atoms with E-state index in [0.717, 1.165) is 0 Å². The van der Waals surface area contributed by atoms with Crippen LogP contribution in [0.15, 0.2) is 0 Å². The molecule has 2 amide bonds. The molecule has 0 aromatic carbocycles.